The van der Waals surface area contributed by atoms with Gasteiger partial charge in [0.15, 0.2) is 18.1 Å². The summed E-state index contributed by atoms with van der Waals surface area (Å²) in [6, 6.07) is 10.8. The smallest absolute Gasteiger partial charge is 0.219 e. The van der Waals surface area contributed by atoms with Gasteiger partial charge in [0.25, 0.3) is 0 Å². The average molecular weight is 268 g/mol. The van der Waals surface area contributed by atoms with Gasteiger partial charge in [-0.1, -0.05) is 30.3 Å². The topological polar surface area (TPSA) is 69.4 Å². The van der Waals surface area contributed by atoms with Crippen LogP contribution >= 0.6 is 0 Å². The number of fused-ring (bicyclic) bond motifs is 1. The molecule has 0 N–H and O–H groups in total. The molecule has 0 amide bonds. The molecule has 0 radical (unpaired) electrons. The average Bonchev–Trinajstić information content (AvgIpc) is 2.93. The van der Waals surface area contributed by atoms with Gasteiger partial charge < -0.3 is 4.74 Å². The van der Waals surface area contributed by atoms with Gasteiger partial charge in [-0.05, 0) is 6.92 Å². The van der Waals surface area contributed by atoms with Crippen LogP contribution in [-0.4, -0.2) is 32.2 Å². The van der Waals surface area contributed by atoms with Crippen molar-refractivity contribution < 1.29 is 9.53 Å². The van der Waals surface area contributed by atoms with E-state index in [0.717, 1.165) is 5.69 Å². The van der Waals surface area contributed by atoms with Gasteiger partial charge in [-0.15, -0.1) is 10.2 Å². The molecule has 6 heteroatoms. The molecule has 100 valence electrons. The Morgan fingerprint density at radius 2 is 2.10 bits per heavy atom. The second kappa shape index (κ2) is 5.08. The van der Waals surface area contributed by atoms with Crippen LogP contribution in [0.25, 0.3) is 5.65 Å². The van der Waals surface area contributed by atoms with E-state index >= 15 is 0 Å². The summed E-state index contributed by atoms with van der Waals surface area (Å²) in [5.41, 5.74) is 1.88. The number of carbonyl (C=O) groups is 1. The van der Waals surface area contributed by atoms with Gasteiger partial charge in [-0.2, -0.15) is 9.61 Å². The summed E-state index contributed by atoms with van der Waals surface area (Å²) in [6.45, 7) is 1.79. The quantitative estimate of drug-likeness (QED) is 0.673. The summed E-state index contributed by atoms with van der Waals surface area (Å²) in [4.78, 5) is 12.0. The SMILES string of the molecule is Cc1cc(OCC(=O)c2ccccc2)c2nncn2n1. The van der Waals surface area contributed by atoms with Crippen LogP contribution in [0.2, 0.25) is 0 Å². The molecule has 0 spiro atoms. The van der Waals surface area contributed by atoms with Crippen molar-refractivity contribution in [2.45, 2.75) is 6.92 Å². The van der Waals surface area contributed by atoms with E-state index in [0.29, 0.717) is 17.0 Å². The minimum Gasteiger partial charge on any atom is -0.481 e. The summed E-state index contributed by atoms with van der Waals surface area (Å²) in [7, 11) is 0. The van der Waals surface area contributed by atoms with E-state index in [9.17, 15) is 4.79 Å². The van der Waals surface area contributed by atoms with Crippen molar-refractivity contribution in [1.82, 2.24) is 19.8 Å². The van der Waals surface area contributed by atoms with Crippen molar-refractivity contribution in [3.63, 3.8) is 0 Å². The third-order valence-electron chi connectivity index (χ3n) is 2.81. The second-order valence-electron chi connectivity index (χ2n) is 4.33. The Bertz CT molecular complexity index is 752. The van der Waals surface area contributed by atoms with Gasteiger partial charge in [0, 0.05) is 11.6 Å². The Balaban J connectivity index is 1.80. The number of hydrogen-bond acceptors (Lipinski definition) is 5. The first-order valence-electron chi connectivity index (χ1n) is 6.13. The number of ether oxygens (including phenoxy) is 1. The van der Waals surface area contributed by atoms with E-state index in [1.165, 1.54) is 10.8 Å². The highest BCUT2D eigenvalue weighted by molar-refractivity contribution is 5.97. The summed E-state index contributed by atoms with van der Waals surface area (Å²) in [5.74, 6) is 0.414. The highest BCUT2D eigenvalue weighted by Crippen LogP contribution is 2.17. The van der Waals surface area contributed by atoms with Crippen molar-refractivity contribution in [1.29, 1.82) is 0 Å². The normalized spacial score (nSPS) is 10.7. The number of rotatable bonds is 4. The van der Waals surface area contributed by atoms with Gasteiger partial charge in [0.05, 0.1) is 5.69 Å². The molecular weight excluding hydrogens is 256 g/mol. The van der Waals surface area contributed by atoms with Crippen molar-refractivity contribution in [2.75, 3.05) is 6.61 Å². The number of benzene rings is 1. The number of nitrogens with zero attached hydrogens (tertiary/aromatic N) is 4. The highest BCUT2D eigenvalue weighted by atomic mass is 16.5. The number of Topliss-reactive ketones (excluding diaryl/α,β-unsaturated/α-hetero) is 1. The first kappa shape index (κ1) is 12.3. The molecule has 2 heterocycles. The number of aryl methyl sites for hydroxylation is 1. The summed E-state index contributed by atoms with van der Waals surface area (Å²) < 4.78 is 7.09. The summed E-state index contributed by atoms with van der Waals surface area (Å²) >= 11 is 0. The van der Waals surface area contributed by atoms with Gasteiger partial charge >= 0.3 is 0 Å². The molecule has 0 aliphatic heterocycles. The van der Waals surface area contributed by atoms with Crippen molar-refractivity contribution >= 4 is 11.4 Å². The molecule has 0 bridgehead atoms. The number of hydrogen-bond donors (Lipinski definition) is 0. The maximum atomic E-state index is 12.0. The predicted molar refractivity (Wildman–Crippen MR) is 71.8 cm³/mol. The van der Waals surface area contributed by atoms with Crippen LogP contribution in [0.15, 0.2) is 42.7 Å². The lowest BCUT2D eigenvalue weighted by Crippen LogP contribution is -2.12. The molecule has 0 fully saturated rings. The summed E-state index contributed by atoms with van der Waals surface area (Å²) in [5, 5.41) is 11.9. The monoisotopic (exact) mass is 268 g/mol. The van der Waals surface area contributed by atoms with Gasteiger partial charge in [-0.3, -0.25) is 4.79 Å². The van der Waals surface area contributed by atoms with Crippen LogP contribution in [0, 0.1) is 6.92 Å². The zero-order valence-corrected chi connectivity index (χ0v) is 10.9. The molecule has 0 saturated carbocycles. The lowest BCUT2D eigenvalue weighted by molar-refractivity contribution is 0.0922. The predicted octanol–water partition coefficient (Wildman–Crippen LogP) is 1.69. The molecule has 1 aromatic carbocycles. The van der Waals surface area contributed by atoms with E-state index in [4.69, 9.17) is 4.74 Å². The number of aromatic nitrogens is 4. The second-order valence-corrected chi connectivity index (χ2v) is 4.33. The minimum atomic E-state index is -0.0854. The Kier molecular flexibility index (Phi) is 3.12. The molecule has 0 atom stereocenters. The molecule has 0 saturated heterocycles. The third kappa shape index (κ3) is 2.35. The lowest BCUT2D eigenvalue weighted by atomic mass is 10.1. The van der Waals surface area contributed by atoms with Crippen LogP contribution in [-0.2, 0) is 0 Å². The van der Waals surface area contributed by atoms with Crippen molar-refractivity contribution in [3.8, 4) is 5.75 Å². The van der Waals surface area contributed by atoms with Crippen LogP contribution in [0.3, 0.4) is 0 Å². The molecule has 3 rings (SSSR count). The van der Waals surface area contributed by atoms with Gasteiger partial charge in [0.1, 0.15) is 6.33 Å². The first-order valence-corrected chi connectivity index (χ1v) is 6.13. The maximum Gasteiger partial charge on any atom is 0.219 e. The minimum absolute atomic E-state index is 0.0456. The van der Waals surface area contributed by atoms with Crippen LogP contribution in [0.5, 0.6) is 5.75 Å². The molecule has 0 aliphatic carbocycles. The highest BCUT2D eigenvalue weighted by Gasteiger charge is 2.11. The van der Waals surface area contributed by atoms with Gasteiger partial charge in [-0.25, -0.2) is 0 Å². The van der Waals surface area contributed by atoms with E-state index in [1.54, 1.807) is 18.2 Å². The third-order valence-corrected chi connectivity index (χ3v) is 2.81. The molecule has 0 unspecified atom stereocenters. The van der Waals surface area contributed by atoms with Crippen LogP contribution in [0.4, 0.5) is 0 Å². The molecule has 0 aliphatic rings. The Labute approximate surface area is 115 Å². The number of carbonyl (C=O) groups excluding carboxylic acids is 1. The zero-order valence-electron chi connectivity index (χ0n) is 10.9. The maximum absolute atomic E-state index is 12.0. The molecular formula is C14H12N4O2. The van der Waals surface area contributed by atoms with E-state index in [2.05, 4.69) is 15.3 Å². The number of ketones is 1. The van der Waals surface area contributed by atoms with E-state index < -0.39 is 0 Å². The largest absolute Gasteiger partial charge is 0.481 e. The van der Waals surface area contributed by atoms with Gasteiger partial charge in [0.2, 0.25) is 5.65 Å². The zero-order chi connectivity index (χ0) is 13.9. The first-order chi connectivity index (χ1) is 9.74. The molecule has 2 aromatic heterocycles. The van der Waals surface area contributed by atoms with Crippen LogP contribution in [0.1, 0.15) is 16.1 Å². The standard InChI is InChI=1S/C14H12N4O2/c1-10-7-13(14-16-15-9-18(14)17-10)20-8-12(19)11-5-3-2-4-6-11/h2-7,9H,8H2,1H3. The van der Waals surface area contributed by atoms with Crippen molar-refractivity contribution in [3.05, 3.63) is 54.0 Å². The molecule has 20 heavy (non-hydrogen) atoms. The fourth-order valence-electron chi connectivity index (χ4n) is 1.88. The molecule has 6 nitrogen and oxygen atoms in total. The van der Waals surface area contributed by atoms with E-state index in [1.807, 2.05) is 25.1 Å². The summed E-state index contributed by atoms with van der Waals surface area (Å²) in [6.07, 6.45) is 1.49. The fraction of sp³-hybridized carbons (Fsp3) is 0.143. The fourth-order valence-corrected chi connectivity index (χ4v) is 1.88. The lowest BCUT2D eigenvalue weighted by Gasteiger charge is -2.07. The Hall–Kier alpha value is -2.76. The Morgan fingerprint density at radius 1 is 1.30 bits per heavy atom. The Morgan fingerprint density at radius 3 is 2.90 bits per heavy atom. The van der Waals surface area contributed by atoms with E-state index in [-0.39, 0.29) is 12.4 Å². The molecule has 3 aromatic rings. The van der Waals surface area contributed by atoms with Crippen LogP contribution < -0.4 is 4.74 Å². The van der Waals surface area contributed by atoms with Crippen molar-refractivity contribution in [2.24, 2.45) is 0 Å².